The number of rotatable bonds is 63. The third-order valence-corrected chi connectivity index (χ3v) is 16.6. The summed E-state index contributed by atoms with van der Waals surface area (Å²) in [5, 5.41) is 14.1. The average molecular weight is 1110 g/mol. The summed E-state index contributed by atoms with van der Waals surface area (Å²) in [6, 6.07) is -0.802. The van der Waals surface area contributed by atoms with E-state index in [1.807, 2.05) is 21.1 Å². The highest BCUT2D eigenvalue weighted by molar-refractivity contribution is 7.45. The zero-order valence-corrected chi connectivity index (χ0v) is 53.1. The third-order valence-electron chi connectivity index (χ3n) is 15.6. The van der Waals surface area contributed by atoms with Crippen LogP contribution in [0.25, 0.3) is 0 Å². The van der Waals surface area contributed by atoms with Gasteiger partial charge in [0.15, 0.2) is 0 Å². The zero-order valence-electron chi connectivity index (χ0n) is 52.2. The van der Waals surface area contributed by atoms with Gasteiger partial charge in [0, 0.05) is 6.42 Å². The first kappa shape index (κ1) is 75.7. The molecule has 0 aromatic rings. The SMILES string of the molecule is CCCCCCC/C=C\C/C=C\C/C=C\CCCCCCCCCCCCCCCCC(=O)NC(COP(=O)([O-])OCC[N+](C)(C)C)C(O)CCCCCCCCCCCCCCCCCCCCCCCCCCCC. The molecule has 8 nitrogen and oxygen atoms in total. The lowest BCUT2D eigenvalue weighted by Crippen LogP contribution is -2.46. The van der Waals surface area contributed by atoms with Crippen molar-refractivity contribution in [3.05, 3.63) is 36.5 Å². The molecule has 456 valence electrons. The smallest absolute Gasteiger partial charge is 0.268 e. The lowest BCUT2D eigenvalue weighted by Gasteiger charge is -2.30. The minimum atomic E-state index is -4.58. The molecule has 9 heteroatoms. The standard InChI is InChI=1S/C68H133N2O6P/c1-6-8-10-12-14-16-18-20-22-24-26-28-30-32-34-35-36-38-40-42-44-46-48-50-52-54-56-58-60-62-68(72)69-66(65-76-77(73,74)75-64-63-70(3,4)5)67(71)61-59-57-55-53-51-49-47-45-43-41-39-37-33-31-29-27-25-23-21-19-17-15-13-11-9-7-2/h18,20,24,26,30,32,66-67,71H,6-17,19,21-23,25,27-29,31,33-65H2,1-5H3,(H-,69,72,73,74)/b20-18-,26-24-,32-30-. The number of allylic oxidation sites excluding steroid dienone is 6. The molecule has 3 atom stereocenters. The number of hydrogen-bond acceptors (Lipinski definition) is 6. The molecule has 0 heterocycles. The van der Waals surface area contributed by atoms with Gasteiger partial charge in [0.1, 0.15) is 13.2 Å². The maximum Gasteiger partial charge on any atom is 0.268 e. The van der Waals surface area contributed by atoms with E-state index in [9.17, 15) is 19.4 Å². The molecule has 0 saturated heterocycles. The van der Waals surface area contributed by atoms with Gasteiger partial charge < -0.3 is 28.8 Å². The van der Waals surface area contributed by atoms with Crippen LogP contribution in [-0.2, 0) is 18.4 Å². The van der Waals surface area contributed by atoms with Gasteiger partial charge in [-0.15, -0.1) is 0 Å². The summed E-state index contributed by atoms with van der Waals surface area (Å²) in [5.74, 6) is -0.160. The number of aliphatic hydroxyl groups excluding tert-OH is 1. The fourth-order valence-corrected chi connectivity index (χ4v) is 11.1. The fraction of sp³-hybridized carbons (Fsp3) is 0.897. The molecule has 0 rings (SSSR count). The lowest BCUT2D eigenvalue weighted by molar-refractivity contribution is -0.870. The van der Waals surface area contributed by atoms with Crippen molar-refractivity contribution in [1.82, 2.24) is 5.32 Å². The van der Waals surface area contributed by atoms with Gasteiger partial charge in [0.25, 0.3) is 7.82 Å². The van der Waals surface area contributed by atoms with Crippen molar-refractivity contribution < 1.29 is 32.9 Å². The summed E-state index contributed by atoms with van der Waals surface area (Å²) in [6.45, 7) is 4.76. The molecule has 0 saturated carbocycles. The molecule has 0 aromatic heterocycles. The van der Waals surface area contributed by atoms with Crippen LogP contribution in [0, 0.1) is 0 Å². The molecule has 3 unspecified atom stereocenters. The Morgan fingerprint density at radius 3 is 1.09 bits per heavy atom. The first-order chi connectivity index (χ1) is 37.5. The van der Waals surface area contributed by atoms with E-state index in [2.05, 4.69) is 55.6 Å². The van der Waals surface area contributed by atoms with Crippen molar-refractivity contribution in [2.24, 2.45) is 0 Å². The van der Waals surface area contributed by atoms with E-state index in [1.54, 1.807) is 0 Å². The first-order valence-corrected chi connectivity index (χ1v) is 35.3. The Hall–Kier alpha value is -1.28. The Morgan fingerprint density at radius 2 is 0.753 bits per heavy atom. The predicted molar refractivity (Wildman–Crippen MR) is 335 cm³/mol. The summed E-state index contributed by atoms with van der Waals surface area (Å²) in [4.78, 5) is 25.6. The zero-order chi connectivity index (χ0) is 56.3. The number of phosphoric acid groups is 1. The molecule has 1 amide bonds. The normalized spacial score (nSPS) is 13.9. The van der Waals surface area contributed by atoms with Gasteiger partial charge in [-0.05, 0) is 51.4 Å². The second-order valence-electron chi connectivity index (χ2n) is 24.5. The number of amides is 1. The van der Waals surface area contributed by atoms with Gasteiger partial charge in [-0.2, -0.15) is 0 Å². The molecule has 77 heavy (non-hydrogen) atoms. The van der Waals surface area contributed by atoms with Gasteiger partial charge in [-0.3, -0.25) is 9.36 Å². The van der Waals surface area contributed by atoms with Gasteiger partial charge >= 0.3 is 0 Å². The minimum Gasteiger partial charge on any atom is -0.756 e. The minimum absolute atomic E-state index is 0.0132. The van der Waals surface area contributed by atoms with E-state index in [-0.39, 0.29) is 19.1 Å². The number of carbonyl (C=O) groups is 1. The van der Waals surface area contributed by atoms with Crippen molar-refractivity contribution in [1.29, 1.82) is 0 Å². The summed E-state index contributed by atoms with van der Waals surface area (Å²) in [6.07, 6.45) is 77.8. The molecule has 0 fully saturated rings. The molecule has 0 radical (unpaired) electrons. The molecule has 0 aromatic carbocycles. The van der Waals surface area contributed by atoms with Gasteiger partial charge in [0.05, 0.1) is 39.9 Å². The average Bonchev–Trinajstić information content (AvgIpc) is 3.39. The molecule has 0 aliphatic carbocycles. The third kappa shape index (κ3) is 62.2. The molecule has 0 aliphatic rings. The Bertz CT molecular complexity index is 1350. The molecule has 0 bridgehead atoms. The number of likely N-dealkylation sites (N-methyl/N-ethyl adjacent to an activating group) is 1. The maximum atomic E-state index is 13.0. The largest absolute Gasteiger partial charge is 0.756 e. The number of hydrogen-bond donors (Lipinski definition) is 2. The van der Waals surface area contributed by atoms with Crippen LogP contribution in [0.15, 0.2) is 36.5 Å². The molecular weight excluding hydrogens is 972 g/mol. The van der Waals surface area contributed by atoms with Crippen LogP contribution in [0.3, 0.4) is 0 Å². The Morgan fingerprint density at radius 1 is 0.455 bits per heavy atom. The second-order valence-corrected chi connectivity index (χ2v) is 25.9. The van der Waals surface area contributed by atoms with Crippen molar-refractivity contribution in [3.8, 4) is 0 Å². The van der Waals surface area contributed by atoms with Crippen LogP contribution in [0.5, 0.6) is 0 Å². The number of nitrogens with zero attached hydrogens (tertiary/aromatic N) is 1. The van der Waals surface area contributed by atoms with Crippen molar-refractivity contribution in [2.75, 3.05) is 40.9 Å². The Labute approximate surface area is 480 Å². The maximum absolute atomic E-state index is 13.0. The molecule has 2 N–H and O–H groups in total. The number of nitrogens with one attached hydrogen (secondary N) is 1. The topological polar surface area (TPSA) is 108 Å². The predicted octanol–water partition coefficient (Wildman–Crippen LogP) is 20.6. The van der Waals surface area contributed by atoms with E-state index in [0.717, 1.165) is 51.4 Å². The summed E-state index contributed by atoms with van der Waals surface area (Å²) >= 11 is 0. The van der Waals surface area contributed by atoms with E-state index in [1.165, 1.54) is 263 Å². The summed E-state index contributed by atoms with van der Waals surface area (Å²) in [7, 11) is 1.32. The van der Waals surface area contributed by atoms with Crippen LogP contribution in [-0.4, -0.2) is 68.5 Å². The number of unbranched alkanes of at least 4 members (excludes halogenated alkanes) is 44. The van der Waals surface area contributed by atoms with Crippen LogP contribution in [0.1, 0.15) is 341 Å². The highest BCUT2D eigenvalue weighted by atomic mass is 31.2. The highest BCUT2D eigenvalue weighted by Gasteiger charge is 2.24. The van der Waals surface area contributed by atoms with Gasteiger partial charge in [0.2, 0.25) is 5.91 Å². The van der Waals surface area contributed by atoms with Crippen molar-refractivity contribution in [3.63, 3.8) is 0 Å². The van der Waals surface area contributed by atoms with Crippen LogP contribution in [0.2, 0.25) is 0 Å². The van der Waals surface area contributed by atoms with Gasteiger partial charge in [-0.25, -0.2) is 0 Å². The monoisotopic (exact) mass is 1100 g/mol. The lowest BCUT2D eigenvalue weighted by atomic mass is 10.0. The number of aliphatic hydroxyl groups is 1. The van der Waals surface area contributed by atoms with Gasteiger partial charge in [-0.1, -0.05) is 320 Å². The van der Waals surface area contributed by atoms with Crippen molar-refractivity contribution in [2.45, 2.75) is 353 Å². The highest BCUT2D eigenvalue weighted by Crippen LogP contribution is 2.38. The number of carbonyl (C=O) groups excluding carboxylic acids is 1. The fourth-order valence-electron chi connectivity index (χ4n) is 10.3. The molecule has 0 spiro atoms. The van der Waals surface area contributed by atoms with E-state index < -0.39 is 20.0 Å². The van der Waals surface area contributed by atoms with Crippen LogP contribution in [0.4, 0.5) is 0 Å². The number of quaternary nitrogens is 1. The van der Waals surface area contributed by atoms with E-state index in [0.29, 0.717) is 23.9 Å². The summed E-state index contributed by atoms with van der Waals surface area (Å²) < 4.78 is 23.5. The number of phosphoric ester groups is 1. The van der Waals surface area contributed by atoms with Crippen LogP contribution < -0.4 is 10.2 Å². The van der Waals surface area contributed by atoms with Crippen molar-refractivity contribution >= 4 is 13.7 Å². The Kier molecular flexibility index (Phi) is 58.4. The second kappa shape index (κ2) is 59.3. The van der Waals surface area contributed by atoms with Crippen LogP contribution >= 0.6 is 7.82 Å². The molecule has 0 aliphatic heterocycles. The molecular formula is C68H133N2O6P. The Balaban J connectivity index is 4.05. The van der Waals surface area contributed by atoms with E-state index in [4.69, 9.17) is 9.05 Å². The van der Waals surface area contributed by atoms with E-state index >= 15 is 0 Å². The summed E-state index contributed by atoms with van der Waals surface area (Å²) in [5.41, 5.74) is 0. The first-order valence-electron chi connectivity index (χ1n) is 33.8. The quantitative estimate of drug-likeness (QED) is 0.0272.